The number of anilines is 2. The summed E-state index contributed by atoms with van der Waals surface area (Å²) in [5.74, 6) is 0.627. The van der Waals surface area contributed by atoms with Crippen LogP contribution in [-0.2, 0) is 18.5 Å². The Morgan fingerprint density at radius 3 is 2.67 bits per heavy atom. The second kappa shape index (κ2) is 8.75. The number of nitrogens with zero attached hydrogens (tertiary/aromatic N) is 7. The van der Waals surface area contributed by atoms with Crippen molar-refractivity contribution in [2.75, 3.05) is 31.5 Å². The van der Waals surface area contributed by atoms with Gasteiger partial charge in [-0.1, -0.05) is 6.07 Å². The van der Waals surface area contributed by atoms with Gasteiger partial charge in [-0.2, -0.15) is 0 Å². The first-order chi connectivity index (χ1) is 19.4. The third kappa shape index (κ3) is 3.91. The number of halogens is 2. The summed E-state index contributed by atoms with van der Waals surface area (Å²) in [5.41, 5.74) is 2.98. The van der Waals surface area contributed by atoms with Crippen molar-refractivity contribution in [3.05, 3.63) is 59.7 Å². The number of hydrogen-bond donors (Lipinski definition) is 1. The maximum Gasteiger partial charge on any atom is 0.229 e. The summed E-state index contributed by atoms with van der Waals surface area (Å²) < 4.78 is 32.3. The average Bonchev–Trinajstić information content (AvgIpc) is 3.28. The molecule has 1 saturated carbocycles. The minimum absolute atomic E-state index is 0.0489. The van der Waals surface area contributed by atoms with Crippen LogP contribution in [0.1, 0.15) is 50.4 Å². The zero-order chi connectivity index (χ0) is 27.1. The van der Waals surface area contributed by atoms with Crippen LogP contribution in [0, 0.1) is 11.6 Å². The van der Waals surface area contributed by atoms with Gasteiger partial charge in [0.25, 0.3) is 0 Å². The van der Waals surface area contributed by atoms with Crippen molar-refractivity contribution in [3.8, 4) is 11.3 Å². The molecule has 1 aliphatic carbocycles. The van der Waals surface area contributed by atoms with E-state index in [0.717, 1.165) is 69.4 Å². The second-order valence-corrected chi connectivity index (χ2v) is 12.3. The van der Waals surface area contributed by atoms with Gasteiger partial charge >= 0.3 is 0 Å². The van der Waals surface area contributed by atoms with E-state index in [4.69, 9.17) is 0 Å². The number of rotatable bonds is 5. The van der Waals surface area contributed by atoms with Crippen LogP contribution >= 0.6 is 0 Å². The summed E-state index contributed by atoms with van der Waals surface area (Å²) >= 11 is 0. The van der Waals surface area contributed by atoms with E-state index in [2.05, 4.69) is 52.6 Å². The Kier molecular flexibility index (Phi) is 5.32. The summed E-state index contributed by atoms with van der Waals surface area (Å²) in [6.45, 7) is 7.73. The monoisotopic (exact) mass is 542 g/mol. The van der Waals surface area contributed by atoms with E-state index in [1.165, 1.54) is 25.5 Å². The third-order valence-corrected chi connectivity index (χ3v) is 9.54. The number of benzene rings is 1. The Bertz CT molecular complexity index is 1630. The molecule has 1 unspecified atom stereocenters. The van der Waals surface area contributed by atoms with E-state index >= 15 is 4.39 Å². The quantitative estimate of drug-likeness (QED) is 0.380. The van der Waals surface area contributed by atoms with Crippen LogP contribution in [0.25, 0.3) is 22.3 Å². The summed E-state index contributed by atoms with van der Waals surface area (Å²) in [4.78, 5) is 22.8. The molecule has 2 saturated heterocycles. The van der Waals surface area contributed by atoms with Crippen LogP contribution in [0.5, 0.6) is 0 Å². The summed E-state index contributed by atoms with van der Waals surface area (Å²) in [6, 6.07) is 7.08. The number of aromatic nitrogens is 5. The van der Waals surface area contributed by atoms with Crippen LogP contribution in [-0.4, -0.2) is 66.0 Å². The zero-order valence-corrected chi connectivity index (χ0v) is 22.6. The van der Waals surface area contributed by atoms with Crippen LogP contribution < -0.4 is 5.32 Å². The molecule has 4 aromatic rings. The third-order valence-electron chi connectivity index (χ3n) is 9.54. The lowest BCUT2D eigenvalue weighted by atomic mass is 9.95. The van der Waals surface area contributed by atoms with Gasteiger partial charge in [0.2, 0.25) is 5.95 Å². The van der Waals surface area contributed by atoms with Crippen molar-refractivity contribution in [2.45, 2.75) is 63.1 Å². The fraction of sp³-hybridized carbons (Fsp3) is 0.467. The number of nitrogens with one attached hydrogen (secondary N) is 1. The van der Waals surface area contributed by atoms with Crippen LogP contribution in [0.4, 0.5) is 20.5 Å². The Morgan fingerprint density at radius 1 is 0.950 bits per heavy atom. The SMILES string of the molecule is CC12CCCN1CCN(Cc1ccc(Nc3ncc(F)c(-c4cc(F)c5nc6n(c5c4)C4(CC6)CC4)n3)nc1)C2. The van der Waals surface area contributed by atoms with Crippen LogP contribution in [0.3, 0.4) is 0 Å². The molecule has 1 N–H and O–H groups in total. The first kappa shape index (κ1) is 24.3. The highest BCUT2D eigenvalue weighted by Gasteiger charge is 2.50. The Labute approximate surface area is 231 Å². The Balaban J connectivity index is 1.02. The molecule has 3 fully saturated rings. The first-order valence-electron chi connectivity index (χ1n) is 14.3. The van der Waals surface area contributed by atoms with E-state index in [1.54, 1.807) is 0 Å². The highest BCUT2D eigenvalue weighted by atomic mass is 19.1. The number of aryl methyl sites for hydroxylation is 1. The Morgan fingerprint density at radius 2 is 1.85 bits per heavy atom. The standard InChI is InChI=1S/C30H32F2N8/c1-29-6-2-10-39(29)12-11-38(18-29)17-19-3-4-24(33-15-19)35-28-34-16-22(32)26(37-28)20-13-21(31)27-23(14-20)40-25(36-27)5-7-30(40)8-9-30/h3-4,13-16H,2,5-12,17-18H2,1H3,(H,33,34,35,37). The molecule has 8 nitrogen and oxygen atoms in total. The van der Waals surface area contributed by atoms with E-state index in [1.807, 2.05) is 18.3 Å². The van der Waals surface area contributed by atoms with E-state index < -0.39 is 11.6 Å². The van der Waals surface area contributed by atoms with Gasteiger partial charge in [-0.25, -0.2) is 28.7 Å². The molecule has 1 spiro atoms. The van der Waals surface area contributed by atoms with Gasteiger partial charge in [-0.3, -0.25) is 9.80 Å². The van der Waals surface area contributed by atoms with E-state index in [-0.39, 0.29) is 22.7 Å². The van der Waals surface area contributed by atoms with E-state index in [9.17, 15) is 4.39 Å². The maximum atomic E-state index is 15.2. The predicted molar refractivity (Wildman–Crippen MR) is 148 cm³/mol. The predicted octanol–water partition coefficient (Wildman–Crippen LogP) is 5.02. The van der Waals surface area contributed by atoms with Gasteiger partial charge in [0.1, 0.15) is 22.9 Å². The molecule has 206 valence electrons. The van der Waals surface area contributed by atoms with Gasteiger partial charge in [0.05, 0.1) is 11.7 Å². The lowest BCUT2D eigenvalue weighted by molar-refractivity contribution is 0.0359. The topological polar surface area (TPSA) is 75.0 Å². The summed E-state index contributed by atoms with van der Waals surface area (Å²) in [5, 5.41) is 3.09. The molecule has 1 aromatic carbocycles. The molecule has 3 aliphatic heterocycles. The van der Waals surface area contributed by atoms with Crippen molar-refractivity contribution < 1.29 is 8.78 Å². The van der Waals surface area contributed by atoms with Crippen molar-refractivity contribution in [1.29, 1.82) is 0 Å². The molecule has 6 heterocycles. The molecule has 0 amide bonds. The van der Waals surface area contributed by atoms with Crippen LogP contribution in [0.15, 0.2) is 36.7 Å². The van der Waals surface area contributed by atoms with Gasteiger partial charge < -0.3 is 9.88 Å². The van der Waals surface area contributed by atoms with Crippen molar-refractivity contribution >= 4 is 22.8 Å². The molecule has 1 atom stereocenters. The highest BCUT2D eigenvalue weighted by molar-refractivity contribution is 5.83. The molecule has 3 aromatic heterocycles. The molecular weight excluding hydrogens is 510 g/mol. The molecule has 0 bridgehead atoms. The number of fused-ring (bicyclic) bond motifs is 5. The fourth-order valence-electron chi connectivity index (χ4n) is 7.28. The fourth-order valence-corrected chi connectivity index (χ4v) is 7.28. The largest absolute Gasteiger partial charge is 0.322 e. The van der Waals surface area contributed by atoms with Crippen molar-refractivity contribution in [3.63, 3.8) is 0 Å². The van der Waals surface area contributed by atoms with E-state index in [0.29, 0.717) is 22.4 Å². The van der Waals surface area contributed by atoms with Gasteiger partial charge in [0, 0.05) is 55.4 Å². The normalized spacial score (nSPS) is 23.6. The molecule has 40 heavy (non-hydrogen) atoms. The number of hydrogen-bond acceptors (Lipinski definition) is 7. The average molecular weight is 543 g/mol. The highest BCUT2D eigenvalue weighted by Crippen LogP contribution is 2.53. The number of imidazole rings is 1. The van der Waals surface area contributed by atoms with Crippen LogP contribution in [0.2, 0.25) is 0 Å². The summed E-state index contributed by atoms with van der Waals surface area (Å²) in [6.07, 6.45) is 9.58. The minimum atomic E-state index is -0.606. The number of pyridine rings is 1. The molecule has 10 heteroatoms. The minimum Gasteiger partial charge on any atom is -0.322 e. The van der Waals surface area contributed by atoms with Gasteiger partial charge in [-0.15, -0.1) is 0 Å². The summed E-state index contributed by atoms with van der Waals surface area (Å²) in [7, 11) is 0. The van der Waals surface area contributed by atoms with Gasteiger partial charge in [0.15, 0.2) is 11.6 Å². The number of piperazine rings is 1. The molecular formula is C30H32F2N8. The molecule has 4 aliphatic rings. The van der Waals surface area contributed by atoms with Crippen molar-refractivity contribution in [2.24, 2.45) is 0 Å². The Hall–Kier alpha value is -3.50. The first-order valence-corrected chi connectivity index (χ1v) is 14.3. The second-order valence-electron chi connectivity index (χ2n) is 12.3. The van der Waals surface area contributed by atoms with Crippen molar-refractivity contribution in [1.82, 2.24) is 34.3 Å². The zero-order valence-electron chi connectivity index (χ0n) is 22.6. The molecule has 8 rings (SSSR count). The smallest absolute Gasteiger partial charge is 0.229 e. The lowest BCUT2D eigenvalue weighted by Gasteiger charge is -2.45. The lowest BCUT2D eigenvalue weighted by Crippen LogP contribution is -2.57. The van der Waals surface area contributed by atoms with Gasteiger partial charge in [-0.05, 0) is 69.3 Å². The molecule has 0 radical (unpaired) electrons. The maximum absolute atomic E-state index is 15.2.